The lowest BCUT2D eigenvalue weighted by atomic mass is 10.0. The Hall–Kier alpha value is -6.53. The summed E-state index contributed by atoms with van der Waals surface area (Å²) >= 11 is 0. The fourth-order valence-electron chi connectivity index (χ4n) is 7.74. The Morgan fingerprint density at radius 1 is 0.549 bits per heavy atom. The Balaban J connectivity index is 1.26. The molecule has 2 atom stereocenters. The van der Waals surface area contributed by atoms with Crippen molar-refractivity contribution in [3.63, 3.8) is 0 Å². The van der Waals surface area contributed by atoms with E-state index in [0.717, 1.165) is 80.5 Å². The van der Waals surface area contributed by atoms with E-state index in [9.17, 15) is 0 Å². The van der Waals surface area contributed by atoms with Crippen molar-refractivity contribution < 1.29 is 0 Å². The van der Waals surface area contributed by atoms with Gasteiger partial charge >= 0.3 is 0 Å². The summed E-state index contributed by atoms with van der Waals surface area (Å²) in [7, 11) is 0. The lowest BCUT2D eigenvalue weighted by Crippen LogP contribution is -2.39. The van der Waals surface area contributed by atoms with Gasteiger partial charge in [0.25, 0.3) is 0 Å². The van der Waals surface area contributed by atoms with Crippen LogP contribution in [0.2, 0.25) is 0 Å². The highest BCUT2D eigenvalue weighted by molar-refractivity contribution is 6.13. The zero-order chi connectivity index (χ0) is 33.7. The second-order valence-electron chi connectivity index (χ2n) is 13.2. The molecule has 0 amide bonds. The number of para-hydroxylation sites is 6. The number of hydrogen-bond donors (Lipinski definition) is 0. The first-order valence-electron chi connectivity index (χ1n) is 17.6. The quantitative estimate of drug-likeness (QED) is 0.179. The largest absolute Gasteiger partial charge is 0.317 e. The topological polar surface area (TPSA) is 51.2 Å². The van der Waals surface area contributed by atoms with Crippen molar-refractivity contribution in [1.82, 2.24) is 19.1 Å². The van der Waals surface area contributed by atoms with Crippen molar-refractivity contribution in [1.29, 1.82) is 0 Å². The Bertz CT molecular complexity index is 2600. The first kappa shape index (κ1) is 29.4. The summed E-state index contributed by atoms with van der Waals surface area (Å²) in [5.74, 6) is 2.71. The van der Waals surface area contributed by atoms with Crippen LogP contribution in [0.3, 0.4) is 0 Å². The number of fused-ring (bicyclic) bond motifs is 3. The molecule has 3 aliphatic rings. The average Bonchev–Trinajstić information content (AvgIpc) is 3.91. The van der Waals surface area contributed by atoms with Crippen LogP contribution in [0, 0.1) is 0 Å². The van der Waals surface area contributed by atoms with Crippen LogP contribution in [0.25, 0.3) is 56.2 Å². The van der Waals surface area contributed by atoms with Crippen LogP contribution in [-0.4, -0.2) is 37.0 Å². The molecule has 6 heteroatoms. The van der Waals surface area contributed by atoms with E-state index in [1.54, 1.807) is 0 Å². The number of nitrogens with zero attached hydrogens (tertiary/aromatic N) is 6. The molecule has 7 aromatic rings. The average molecular weight is 659 g/mol. The SMILES string of the molecule is C1=CCCC(n2c(-c3cc(C4=NC5C=CC=CC5N4c4ccccc4)cc(-c4nc5ccccc5n4-c4ccccc4)c3)nc3ccccc32)=C1. The molecule has 5 aromatic carbocycles. The molecule has 2 unspecified atom stereocenters. The zero-order valence-corrected chi connectivity index (χ0v) is 27.9. The van der Waals surface area contributed by atoms with Crippen LogP contribution in [-0.2, 0) is 0 Å². The lowest BCUT2D eigenvalue weighted by molar-refractivity contribution is 0.739. The number of allylic oxidation sites excluding steroid dienone is 6. The van der Waals surface area contributed by atoms with Crippen LogP contribution in [0.5, 0.6) is 0 Å². The second kappa shape index (κ2) is 12.1. The molecule has 3 heterocycles. The minimum absolute atomic E-state index is 0.00922. The number of benzene rings is 5. The predicted octanol–water partition coefficient (Wildman–Crippen LogP) is 10.0. The summed E-state index contributed by atoms with van der Waals surface area (Å²) in [4.78, 5) is 18.4. The third-order valence-corrected chi connectivity index (χ3v) is 10.0. The van der Waals surface area contributed by atoms with Crippen molar-refractivity contribution >= 4 is 39.3 Å². The molecular weight excluding hydrogens is 625 g/mol. The molecule has 244 valence electrons. The van der Waals surface area contributed by atoms with E-state index in [2.05, 4.69) is 184 Å². The van der Waals surface area contributed by atoms with Gasteiger partial charge in [-0.3, -0.25) is 14.1 Å². The maximum atomic E-state index is 5.42. The molecule has 0 saturated carbocycles. The van der Waals surface area contributed by atoms with Crippen LogP contribution in [0.15, 0.2) is 175 Å². The van der Waals surface area contributed by atoms with Crippen LogP contribution in [0.4, 0.5) is 5.69 Å². The summed E-state index contributed by atoms with van der Waals surface area (Å²) in [5.41, 5.74) is 10.5. The molecule has 6 nitrogen and oxygen atoms in total. The normalized spacial score (nSPS) is 18.0. The highest BCUT2D eigenvalue weighted by atomic mass is 15.3. The van der Waals surface area contributed by atoms with E-state index in [4.69, 9.17) is 15.0 Å². The fourth-order valence-corrected chi connectivity index (χ4v) is 7.74. The standard InChI is InChI=1S/C45H34N6/c1-4-16-34(17-5-1)49-40-25-13-10-22-37(40)46-43(49)31-28-32(44-47-38-23-11-14-26-41(38)50(44)35-18-6-2-7-19-35)30-33(29-31)45-48-39-24-12-15-27-42(39)51(45)36-20-8-3-9-21-36/h1-8,10-20,22-30,37,40H,9,21H2. The Kier molecular flexibility index (Phi) is 6.98. The molecule has 0 bridgehead atoms. The number of rotatable bonds is 6. The van der Waals surface area contributed by atoms with Crippen molar-refractivity contribution in [2.24, 2.45) is 4.99 Å². The van der Waals surface area contributed by atoms with Crippen molar-refractivity contribution in [2.75, 3.05) is 4.90 Å². The third kappa shape index (κ3) is 4.98. The van der Waals surface area contributed by atoms with Gasteiger partial charge in [-0.2, -0.15) is 0 Å². The first-order valence-corrected chi connectivity index (χ1v) is 17.6. The Morgan fingerprint density at radius 2 is 1.14 bits per heavy atom. The number of hydrogen-bond acceptors (Lipinski definition) is 4. The highest BCUT2D eigenvalue weighted by Gasteiger charge is 2.36. The molecule has 2 aliphatic carbocycles. The monoisotopic (exact) mass is 658 g/mol. The summed E-state index contributed by atoms with van der Waals surface area (Å²) in [6.45, 7) is 0. The molecule has 51 heavy (non-hydrogen) atoms. The molecular formula is C45H34N6. The Labute approximate surface area is 296 Å². The van der Waals surface area contributed by atoms with E-state index in [-0.39, 0.29) is 12.1 Å². The minimum atomic E-state index is 0.00922. The number of amidine groups is 1. The van der Waals surface area contributed by atoms with E-state index in [0.29, 0.717) is 0 Å². The first-order chi connectivity index (χ1) is 25.3. The molecule has 1 aliphatic heterocycles. The van der Waals surface area contributed by atoms with Crippen molar-refractivity contribution in [3.8, 4) is 28.5 Å². The molecule has 0 N–H and O–H groups in total. The number of aromatic nitrogens is 4. The van der Waals surface area contributed by atoms with E-state index in [1.807, 2.05) is 0 Å². The summed E-state index contributed by atoms with van der Waals surface area (Å²) < 4.78 is 4.62. The van der Waals surface area contributed by atoms with E-state index >= 15 is 0 Å². The van der Waals surface area contributed by atoms with Crippen LogP contribution < -0.4 is 4.90 Å². The van der Waals surface area contributed by atoms with Gasteiger partial charge in [-0.25, -0.2) is 9.97 Å². The van der Waals surface area contributed by atoms with Gasteiger partial charge in [-0.15, -0.1) is 0 Å². The van der Waals surface area contributed by atoms with Crippen LogP contribution in [0.1, 0.15) is 18.4 Å². The Morgan fingerprint density at radius 3 is 1.82 bits per heavy atom. The van der Waals surface area contributed by atoms with Gasteiger partial charge in [0.15, 0.2) is 0 Å². The van der Waals surface area contributed by atoms with E-state index < -0.39 is 0 Å². The molecule has 0 radical (unpaired) electrons. The van der Waals surface area contributed by atoms with Crippen molar-refractivity contribution in [3.05, 3.63) is 175 Å². The van der Waals surface area contributed by atoms with Gasteiger partial charge in [0.05, 0.1) is 34.2 Å². The van der Waals surface area contributed by atoms with E-state index in [1.165, 1.54) is 5.70 Å². The lowest BCUT2D eigenvalue weighted by Gasteiger charge is -2.29. The van der Waals surface area contributed by atoms with Gasteiger partial charge in [0.2, 0.25) is 0 Å². The summed E-state index contributed by atoms with van der Waals surface area (Å²) in [6, 6.07) is 44.8. The maximum Gasteiger partial charge on any atom is 0.145 e. The summed E-state index contributed by atoms with van der Waals surface area (Å²) in [5, 5.41) is 0. The highest BCUT2D eigenvalue weighted by Crippen LogP contribution is 2.38. The fraction of sp³-hybridized carbons (Fsp3) is 0.0889. The molecule has 0 fully saturated rings. The minimum Gasteiger partial charge on any atom is -0.317 e. The zero-order valence-electron chi connectivity index (χ0n) is 27.9. The second-order valence-corrected chi connectivity index (χ2v) is 13.2. The summed E-state index contributed by atoms with van der Waals surface area (Å²) in [6.07, 6.45) is 17.3. The smallest absolute Gasteiger partial charge is 0.145 e. The molecule has 0 saturated heterocycles. The van der Waals surface area contributed by atoms with Gasteiger partial charge in [0, 0.05) is 33.8 Å². The molecule has 2 aromatic heterocycles. The van der Waals surface area contributed by atoms with Crippen LogP contribution >= 0.6 is 0 Å². The van der Waals surface area contributed by atoms with Gasteiger partial charge in [-0.1, -0.05) is 97.1 Å². The van der Waals surface area contributed by atoms with Crippen molar-refractivity contribution in [2.45, 2.75) is 24.9 Å². The van der Waals surface area contributed by atoms with Gasteiger partial charge in [-0.05, 0) is 85.6 Å². The molecule has 0 spiro atoms. The number of anilines is 1. The van der Waals surface area contributed by atoms with Gasteiger partial charge < -0.3 is 4.90 Å². The number of aliphatic imine (C=N–C) groups is 1. The third-order valence-electron chi connectivity index (χ3n) is 10.0. The maximum absolute atomic E-state index is 5.42. The van der Waals surface area contributed by atoms with Gasteiger partial charge in [0.1, 0.15) is 17.5 Å². The molecule has 10 rings (SSSR count). The number of imidazole rings is 2. The predicted molar refractivity (Wildman–Crippen MR) is 209 cm³/mol.